The van der Waals surface area contributed by atoms with Gasteiger partial charge in [0.2, 0.25) is 11.0 Å². The molecule has 28 heavy (non-hydrogen) atoms. The van der Waals surface area contributed by atoms with Gasteiger partial charge in [-0.05, 0) is 32.4 Å². The van der Waals surface area contributed by atoms with Crippen LogP contribution in [-0.2, 0) is 19.1 Å². The Bertz CT molecular complexity index is 824. The van der Waals surface area contributed by atoms with Crippen molar-refractivity contribution in [1.82, 2.24) is 10.2 Å². The van der Waals surface area contributed by atoms with E-state index in [0.717, 1.165) is 5.01 Å². The summed E-state index contributed by atoms with van der Waals surface area (Å²) in [5.41, 5.74) is 0.508. The summed E-state index contributed by atoms with van der Waals surface area (Å²) in [4.78, 5) is 35.4. The van der Waals surface area contributed by atoms with Crippen LogP contribution < -0.4 is 15.4 Å². The number of para-hydroxylation sites is 2. The fourth-order valence-corrected chi connectivity index (χ4v) is 2.79. The number of esters is 1. The fourth-order valence-electron chi connectivity index (χ4n) is 2.18. The lowest BCUT2D eigenvalue weighted by Gasteiger charge is -2.11. The molecule has 0 unspecified atom stereocenters. The van der Waals surface area contributed by atoms with Gasteiger partial charge in [0.25, 0.3) is 5.91 Å². The Morgan fingerprint density at radius 1 is 1.07 bits per heavy atom. The van der Waals surface area contributed by atoms with E-state index in [9.17, 15) is 14.4 Å². The van der Waals surface area contributed by atoms with Crippen molar-refractivity contribution >= 4 is 39.9 Å². The second-order valence-corrected chi connectivity index (χ2v) is 6.85. The third-order valence-electron chi connectivity index (χ3n) is 3.38. The molecule has 10 heteroatoms. The topological polar surface area (TPSA) is 120 Å². The van der Waals surface area contributed by atoms with Crippen LogP contribution in [0.4, 0.5) is 10.8 Å². The van der Waals surface area contributed by atoms with E-state index in [0.29, 0.717) is 29.6 Å². The number of rotatable bonds is 10. The van der Waals surface area contributed by atoms with Crippen LogP contribution in [0.5, 0.6) is 5.75 Å². The molecule has 0 bridgehead atoms. The number of amides is 2. The molecule has 1 heterocycles. The Morgan fingerprint density at radius 2 is 1.86 bits per heavy atom. The van der Waals surface area contributed by atoms with Gasteiger partial charge in [0.15, 0.2) is 6.61 Å². The SMILES string of the molecule is CCOc1ccccc1NC(=O)COC(=O)CCCC(=O)Nc1nnc(C)s1. The monoisotopic (exact) mass is 406 g/mol. The number of nitrogens with zero attached hydrogens (tertiary/aromatic N) is 2. The van der Waals surface area contributed by atoms with Gasteiger partial charge in [-0.2, -0.15) is 0 Å². The Kier molecular flexibility index (Phi) is 8.35. The van der Waals surface area contributed by atoms with Crippen LogP contribution in [0, 0.1) is 6.92 Å². The highest BCUT2D eigenvalue weighted by Gasteiger charge is 2.12. The molecule has 0 spiro atoms. The number of nitrogens with one attached hydrogen (secondary N) is 2. The van der Waals surface area contributed by atoms with Crippen LogP contribution in [0.15, 0.2) is 24.3 Å². The Morgan fingerprint density at radius 3 is 2.57 bits per heavy atom. The van der Waals surface area contributed by atoms with Crippen molar-refractivity contribution in [1.29, 1.82) is 0 Å². The van der Waals surface area contributed by atoms with E-state index in [4.69, 9.17) is 9.47 Å². The molecule has 2 aromatic rings. The number of hydrogen-bond donors (Lipinski definition) is 2. The molecule has 9 nitrogen and oxygen atoms in total. The first-order chi connectivity index (χ1) is 13.5. The molecule has 1 aromatic carbocycles. The minimum atomic E-state index is -0.548. The van der Waals surface area contributed by atoms with E-state index >= 15 is 0 Å². The molecule has 0 atom stereocenters. The molecule has 2 N–H and O–H groups in total. The number of benzene rings is 1. The van der Waals surface area contributed by atoms with Gasteiger partial charge in [-0.15, -0.1) is 10.2 Å². The fraction of sp³-hybridized carbons (Fsp3) is 0.389. The lowest BCUT2D eigenvalue weighted by molar-refractivity contribution is -0.147. The zero-order chi connectivity index (χ0) is 20.4. The van der Waals surface area contributed by atoms with Crippen LogP contribution in [0.2, 0.25) is 0 Å². The summed E-state index contributed by atoms with van der Waals surface area (Å²) in [5, 5.41) is 14.0. The van der Waals surface area contributed by atoms with E-state index in [1.807, 2.05) is 6.92 Å². The highest BCUT2D eigenvalue weighted by Crippen LogP contribution is 2.23. The largest absolute Gasteiger partial charge is 0.492 e. The summed E-state index contributed by atoms with van der Waals surface area (Å²) >= 11 is 1.27. The molecule has 0 aliphatic rings. The molecule has 0 saturated carbocycles. The molecule has 0 aliphatic heterocycles. The number of carbonyl (C=O) groups excluding carboxylic acids is 3. The zero-order valence-corrected chi connectivity index (χ0v) is 16.5. The van der Waals surface area contributed by atoms with Crippen LogP contribution in [0.25, 0.3) is 0 Å². The zero-order valence-electron chi connectivity index (χ0n) is 15.7. The third kappa shape index (κ3) is 7.31. The van der Waals surface area contributed by atoms with Crippen molar-refractivity contribution < 1.29 is 23.9 Å². The van der Waals surface area contributed by atoms with E-state index in [1.165, 1.54) is 11.3 Å². The summed E-state index contributed by atoms with van der Waals surface area (Å²) < 4.78 is 10.4. The van der Waals surface area contributed by atoms with Crippen molar-refractivity contribution in [2.45, 2.75) is 33.1 Å². The van der Waals surface area contributed by atoms with Crippen LogP contribution in [-0.4, -0.2) is 41.2 Å². The lowest BCUT2D eigenvalue weighted by atomic mass is 10.2. The second kappa shape index (κ2) is 11.0. The normalized spacial score (nSPS) is 10.2. The van der Waals surface area contributed by atoms with Gasteiger partial charge >= 0.3 is 5.97 Å². The Hall–Kier alpha value is -3.01. The predicted molar refractivity (Wildman–Crippen MR) is 104 cm³/mol. The van der Waals surface area contributed by atoms with Crippen molar-refractivity contribution in [2.75, 3.05) is 23.8 Å². The van der Waals surface area contributed by atoms with E-state index in [-0.39, 0.29) is 18.7 Å². The average molecular weight is 406 g/mol. The molecule has 0 radical (unpaired) electrons. The maximum atomic E-state index is 11.9. The van der Waals surface area contributed by atoms with Crippen molar-refractivity contribution in [2.24, 2.45) is 0 Å². The third-order valence-corrected chi connectivity index (χ3v) is 4.14. The summed E-state index contributed by atoms with van der Waals surface area (Å²) in [6.45, 7) is 3.69. The number of aromatic nitrogens is 2. The smallest absolute Gasteiger partial charge is 0.306 e. The summed E-state index contributed by atoms with van der Waals surface area (Å²) in [5.74, 6) is -0.728. The number of hydrogen-bond acceptors (Lipinski definition) is 8. The minimum absolute atomic E-state index is 0.0331. The number of anilines is 2. The van der Waals surface area contributed by atoms with Crippen LogP contribution in [0.1, 0.15) is 31.2 Å². The van der Waals surface area contributed by atoms with E-state index in [2.05, 4.69) is 20.8 Å². The summed E-state index contributed by atoms with van der Waals surface area (Å²) in [7, 11) is 0. The first-order valence-corrected chi connectivity index (χ1v) is 9.57. The Labute approximate surface area is 166 Å². The number of ether oxygens (including phenoxy) is 2. The summed E-state index contributed by atoms with van der Waals surface area (Å²) in [6.07, 6.45) is 0.476. The van der Waals surface area contributed by atoms with Gasteiger partial charge in [-0.25, -0.2) is 0 Å². The second-order valence-electron chi connectivity index (χ2n) is 5.67. The van der Waals surface area contributed by atoms with Gasteiger partial charge in [0.05, 0.1) is 12.3 Å². The molecule has 0 saturated heterocycles. The molecule has 0 aliphatic carbocycles. The molecule has 1 aromatic heterocycles. The van der Waals surface area contributed by atoms with Crippen LogP contribution in [0.3, 0.4) is 0 Å². The van der Waals surface area contributed by atoms with Crippen LogP contribution >= 0.6 is 11.3 Å². The van der Waals surface area contributed by atoms with Gasteiger partial charge in [0, 0.05) is 12.8 Å². The molecule has 150 valence electrons. The molecular formula is C18H22N4O5S. The van der Waals surface area contributed by atoms with E-state index < -0.39 is 18.5 Å². The quantitative estimate of drug-likeness (QED) is 0.582. The van der Waals surface area contributed by atoms with Gasteiger partial charge in [-0.3, -0.25) is 14.4 Å². The highest BCUT2D eigenvalue weighted by molar-refractivity contribution is 7.15. The highest BCUT2D eigenvalue weighted by atomic mass is 32.1. The molecule has 0 fully saturated rings. The van der Waals surface area contributed by atoms with Gasteiger partial charge < -0.3 is 20.1 Å². The lowest BCUT2D eigenvalue weighted by Crippen LogP contribution is -2.21. The summed E-state index contributed by atoms with van der Waals surface area (Å²) in [6, 6.07) is 6.99. The van der Waals surface area contributed by atoms with Crippen molar-refractivity contribution in [3.8, 4) is 5.75 Å². The maximum Gasteiger partial charge on any atom is 0.306 e. The standard InChI is InChI=1S/C18H22N4O5S/c1-3-26-14-8-5-4-7-13(14)19-16(24)11-27-17(25)10-6-9-15(23)20-18-22-21-12(2)28-18/h4-5,7-8H,3,6,9-11H2,1-2H3,(H,19,24)(H,20,22,23). The molecule has 2 amide bonds. The first-order valence-electron chi connectivity index (χ1n) is 8.75. The van der Waals surface area contributed by atoms with Gasteiger partial charge in [0.1, 0.15) is 10.8 Å². The molecule has 2 rings (SSSR count). The number of carbonyl (C=O) groups is 3. The van der Waals surface area contributed by atoms with Crippen molar-refractivity contribution in [3.05, 3.63) is 29.3 Å². The maximum absolute atomic E-state index is 11.9. The van der Waals surface area contributed by atoms with Crippen molar-refractivity contribution in [3.63, 3.8) is 0 Å². The van der Waals surface area contributed by atoms with Gasteiger partial charge in [-0.1, -0.05) is 23.5 Å². The average Bonchev–Trinajstić information content (AvgIpc) is 3.06. The predicted octanol–water partition coefficient (Wildman–Crippen LogP) is 2.54. The molecular weight excluding hydrogens is 384 g/mol. The first kappa shape index (κ1) is 21.3. The Balaban J connectivity index is 1.65. The van der Waals surface area contributed by atoms with E-state index in [1.54, 1.807) is 31.2 Å². The number of aryl methyl sites for hydroxylation is 1. The minimum Gasteiger partial charge on any atom is -0.492 e.